The molecule has 0 aliphatic rings. The Kier molecular flexibility index (Phi) is 11.4. The lowest BCUT2D eigenvalue weighted by molar-refractivity contribution is 0.0510. The van der Waals surface area contributed by atoms with Crippen LogP contribution in [0.3, 0.4) is 0 Å². The van der Waals surface area contributed by atoms with E-state index in [4.69, 9.17) is 20.4 Å². The van der Waals surface area contributed by atoms with Gasteiger partial charge in [0.2, 0.25) is 0 Å². The maximum absolute atomic E-state index is 8.98. The fourth-order valence-electron chi connectivity index (χ4n) is 0.263. The zero-order valence-corrected chi connectivity index (χ0v) is 11.9. The summed E-state index contributed by atoms with van der Waals surface area (Å²) in [4.78, 5) is 0. The molecule has 0 rings (SSSR count). The first-order valence-corrected chi connectivity index (χ1v) is 6.18. The largest absolute Gasteiger partial charge is 0.516 e. The van der Waals surface area contributed by atoms with Gasteiger partial charge in [0.25, 0.3) is 0 Å². The van der Waals surface area contributed by atoms with Gasteiger partial charge in [0.1, 0.15) is 10.0 Å². The molecule has 2 unspecified atom stereocenters. The van der Waals surface area contributed by atoms with Crippen LogP contribution in [0.2, 0.25) is 0 Å². The highest BCUT2D eigenvalue weighted by Gasteiger charge is 2.31. The summed E-state index contributed by atoms with van der Waals surface area (Å²) < 4.78 is 0. The van der Waals surface area contributed by atoms with Gasteiger partial charge in [0.05, 0.1) is 6.26 Å². The molecule has 0 aromatic rings. The predicted octanol–water partition coefficient (Wildman–Crippen LogP) is 1.88. The van der Waals surface area contributed by atoms with E-state index in [0.717, 1.165) is 6.26 Å². The Hall–Kier alpha value is 0.380. The van der Waals surface area contributed by atoms with E-state index >= 15 is 0 Å². The molecule has 4 nitrogen and oxygen atoms in total. The summed E-state index contributed by atoms with van der Waals surface area (Å²) in [7, 11) is 0. The zero-order chi connectivity index (χ0) is 12.5. The molecule has 0 aliphatic heterocycles. The summed E-state index contributed by atoms with van der Waals surface area (Å²) in [5.74, 6) is 0. The highest BCUT2D eigenvalue weighted by atomic mass is 79.9. The highest BCUT2D eigenvalue weighted by Crippen LogP contribution is 2.31. The van der Waals surface area contributed by atoms with Gasteiger partial charge in [-0.2, -0.15) is 0 Å². The number of hydrogen-bond acceptors (Lipinski definition) is 4. The third-order valence-electron chi connectivity index (χ3n) is 1.63. The van der Waals surface area contributed by atoms with Crippen LogP contribution < -0.4 is 0 Å². The fourth-order valence-corrected chi connectivity index (χ4v) is 1.12. The second kappa shape index (κ2) is 9.59. The smallest absolute Gasteiger partial charge is 0.117 e. The molecule has 0 aliphatic carbocycles. The first-order valence-electron chi connectivity index (χ1n) is 4.35. The molecule has 0 aromatic heterocycles. The van der Waals surface area contributed by atoms with Crippen LogP contribution in [0.5, 0.6) is 0 Å². The average molecular weight is 350 g/mol. The minimum absolute atomic E-state index is 0.108. The monoisotopic (exact) mass is 348 g/mol. The van der Waals surface area contributed by atoms with Crippen molar-refractivity contribution in [2.24, 2.45) is 5.41 Å². The SMILES string of the molecule is CC(C)(C(O)Br)C(O)Br.OC=CCCO. The Morgan fingerprint density at radius 2 is 1.60 bits per heavy atom. The Labute approximate surface area is 107 Å². The molecule has 0 bridgehead atoms. The topological polar surface area (TPSA) is 80.9 Å². The van der Waals surface area contributed by atoms with Gasteiger partial charge in [0, 0.05) is 12.0 Å². The van der Waals surface area contributed by atoms with E-state index in [9.17, 15) is 0 Å². The Morgan fingerprint density at radius 3 is 1.67 bits per heavy atom. The molecule has 6 heteroatoms. The number of aliphatic hydroxyl groups is 4. The summed E-state index contributed by atoms with van der Waals surface area (Å²) in [6.07, 6.45) is 2.95. The van der Waals surface area contributed by atoms with Crippen molar-refractivity contribution in [2.75, 3.05) is 6.61 Å². The summed E-state index contributed by atoms with van der Waals surface area (Å²) in [5, 5.41) is 32.5. The van der Waals surface area contributed by atoms with Crippen LogP contribution in [0.4, 0.5) is 0 Å². The van der Waals surface area contributed by atoms with Gasteiger partial charge < -0.3 is 20.4 Å². The van der Waals surface area contributed by atoms with Gasteiger partial charge in [-0.3, -0.25) is 0 Å². The van der Waals surface area contributed by atoms with Gasteiger partial charge in [0.15, 0.2) is 0 Å². The lowest BCUT2D eigenvalue weighted by Gasteiger charge is -2.28. The number of rotatable bonds is 4. The highest BCUT2D eigenvalue weighted by molar-refractivity contribution is 9.10. The van der Waals surface area contributed by atoms with Gasteiger partial charge in [-0.1, -0.05) is 45.7 Å². The van der Waals surface area contributed by atoms with Crippen molar-refractivity contribution in [2.45, 2.75) is 30.3 Å². The van der Waals surface area contributed by atoms with E-state index in [-0.39, 0.29) is 6.61 Å². The lowest BCUT2D eigenvalue weighted by Crippen LogP contribution is -2.33. The lowest BCUT2D eigenvalue weighted by atomic mass is 9.96. The Morgan fingerprint density at radius 1 is 1.20 bits per heavy atom. The van der Waals surface area contributed by atoms with Gasteiger partial charge in [-0.15, -0.1) is 0 Å². The van der Waals surface area contributed by atoms with Gasteiger partial charge >= 0.3 is 0 Å². The molecule has 0 heterocycles. The van der Waals surface area contributed by atoms with Crippen LogP contribution in [0.1, 0.15) is 20.3 Å². The Bertz CT molecular complexity index is 159. The maximum Gasteiger partial charge on any atom is 0.117 e. The second-order valence-corrected chi connectivity index (χ2v) is 5.12. The van der Waals surface area contributed by atoms with Crippen molar-refractivity contribution in [3.8, 4) is 0 Å². The van der Waals surface area contributed by atoms with Crippen LogP contribution in [0.15, 0.2) is 12.3 Å². The molecular formula is C9H18Br2O4. The van der Waals surface area contributed by atoms with Crippen LogP contribution in [-0.4, -0.2) is 37.1 Å². The van der Waals surface area contributed by atoms with Crippen molar-refractivity contribution in [1.82, 2.24) is 0 Å². The fraction of sp³-hybridized carbons (Fsp3) is 0.778. The van der Waals surface area contributed by atoms with Crippen molar-refractivity contribution >= 4 is 31.9 Å². The van der Waals surface area contributed by atoms with Crippen molar-refractivity contribution in [3.05, 3.63) is 12.3 Å². The van der Waals surface area contributed by atoms with E-state index in [0.29, 0.717) is 6.42 Å². The van der Waals surface area contributed by atoms with E-state index in [1.54, 1.807) is 13.8 Å². The van der Waals surface area contributed by atoms with Crippen molar-refractivity contribution in [3.63, 3.8) is 0 Å². The van der Waals surface area contributed by atoms with Crippen LogP contribution in [0, 0.1) is 5.41 Å². The summed E-state index contributed by atoms with van der Waals surface area (Å²) in [6, 6.07) is 0. The molecule has 0 aromatic carbocycles. The number of alkyl halides is 2. The summed E-state index contributed by atoms with van der Waals surface area (Å²) >= 11 is 5.92. The van der Waals surface area contributed by atoms with E-state index in [2.05, 4.69) is 31.9 Å². The quantitative estimate of drug-likeness (QED) is 0.461. The maximum atomic E-state index is 8.98. The number of hydrogen-bond donors (Lipinski definition) is 4. The standard InChI is InChI=1S/C5H10Br2O2.C4H8O2/c1-5(2,3(6)8)4(7)9;5-3-1-2-4-6/h3-4,8-9H,1-2H3;1,3,5-6H,2,4H2. The molecule has 0 amide bonds. The van der Waals surface area contributed by atoms with E-state index < -0.39 is 15.4 Å². The van der Waals surface area contributed by atoms with E-state index in [1.165, 1.54) is 6.08 Å². The third-order valence-corrected chi connectivity index (χ3v) is 3.99. The second-order valence-electron chi connectivity index (χ2n) is 3.39. The average Bonchev–Trinajstić information content (AvgIpc) is 2.15. The number of aliphatic hydroxyl groups excluding tert-OH is 4. The summed E-state index contributed by atoms with van der Waals surface area (Å²) in [6.45, 7) is 3.59. The molecular weight excluding hydrogens is 332 g/mol. The van der Waals surface area contributed by atoms with Crippen LogP contribution in [0.25, 0.3) is 0 Å². The van der Waals surface area contributed by atoms with Gasteiger partial charge in [-0.25, -0.2) is 0 Å². The zero-order valence-electron chi connectivity index (χ0n) is 8.77. The first-order chi connectivity index (χ1) is 6.80. The predicted molar refractivity (Wildman–Crippen MR) is 67.1 cm³/mol. The van der Waals surface area contributed by atoms with Crippen LogP contribution in [-0.2, 0) is 0 Å². The van der Waals surface area contributed by atoms with E-state index in [1.807, 2.05) is 0 Å². The molecule has 0 fully saturated rings. The first kappa shape index (κ1) is 17.8. The Balaban J connectivity index is 0. The molecule has 2 atom stereocenters. The minimum Gasteiger partial charge on any atom is -0.516 e. The molecule has 15 heavy (non-hydrogen) atoms. The van der Waals surface area contributed by atoms with Gasteiger partial charge in [-0.05, 0) is 12.5 Å². The molecule has 0 saturated heterocycles. The minimum atomic E-state index is -0.695. The molecule has 0 saturated carbocycles. The van der Waals surface area contributed by atoms with Crippen molar-refractivity contribution < 1.29 is 20.4 Å². The number of halogens is 2. The molecule has 92 valence electrons. The molecule has 0 spiro atoms. The third kappa shape index (κ3) is 9.32. The normalized spacial score (nSPS) is 15.7. The van der Waals surface area contributed by atoms with Crippen molar-refractivity contribution in [1.29, 1.82) is 0 Å². The van der Waals surface area contributed by atoms with Crippen LogP contribution >= 0.6 is 31.9 Å². The molecule has 4 N–H and O–H groups in total. The summed E-state index contributed by atoms with van der Waals surface area (Å²) in [5.41, 5.74) is -0.556. The molecule has 0 radical (unpaired) electrons.